The molecule has 0 bridgehead atoms. The topological polar surface area (TPSA) is 80.3 Å². The number of pyridine rings is 1. The van der Waals surface area contributed by atoms with Crippen LogP contribution in [0.15, 0.2) is 78.8 Å². The summed E-state index contributed by atoms with van der Waals surface area (Å²) in [7, 11) is 0. The molecule has 0 aliphatic rings. The molecule has 1 heterocycles. The third-order valence-corrected chi connectivity index (χ3v) is 4.23. The summed E-state index contributed by atoms with van der Waals surface area (Å²) < 4.78 is 5.41. The lowest BCUT2D eigenvalue weighted by molar-refractivity contribution is -0.113. The van der Waals surface area contributed by atoms with E-state index in [2.05, 4.69) is 15.6 Å². The van der Waals surface area contributed by atoms with Crippen LogP contribution in [0.25, 0.3) is 6.08 Å². The standard InChI is InChI=1S/C24H23N3O3/c1-3-30-21-12-10-20(11-13-21)26-24(29)22(15-18-5-4-14-25-16-18)27-23(28)19-8-6-17(2)7-9-19/h4-16H,3H2,1-2H3,(H,26,29)(H,27,28)/b22-15+. The van der Waals surface area contributed by atoms with E-state index in [1.165, 1.54) is 0 Å². The minimum atomic E-state index is -0.441. The lowest BCUT2D eigenvalue weighted by atomic mass is 10.1. The number of rotatable bonds is 7. The number of nitrogens with zero attached hydrogens (tertiary/aromatic N) is 1. The van der Waals surface area contributed by atoms with Crippen LogP contribution in [0.3, 0.4) is 0 Å². The molecule has 0 aliphatic carbocycles. The first kappa shape index (κ1) is 20.8. The van der Waals surface area contributed by atoms with E-state index in [0.29, 0.717) is 29.2 Å². The summed E-state index contributed by atoms with van der Waals surface area (Å²) >= 11 is 0. The van der Waals surface area contributed by atoms with Crippen molar-refractivity contribution >= 4 is 23.6 Å². The zero-order chi connectivity index (χ0) is 21.3. The number of carbonyl (C=O) groups excluding carboxylic acids is 2. The molecule has 3 rings (SSSR count). The van der Waals surface area contributed by atoms with Gasteiger partial charge in [-0.1, -0.05) is 23.8 Å². The van der Waals surface area contributed by atoms with Crippen molar-refractivity contribution in [3.63, 3.8) is 0 Å². The van der Waals surface area contributed by atoms with Gasteiger partial charge in [0.25, 0.3) is 11.8 Å². The maximum absolute atomic E-state index is 12.9. The van der Waals surface area contributed by atoms with Gasteiger partial charge in [0.05, 0.1) is 6.61 Å². The number of amides is 2. The van der Waals surface area contributed by atoms with Crippen LogP contribution >= 0.6 is 0 Å². The highest BCUT2D eigenvalue weighted by atomic mass is 16.5. The number of nitrogens with one attached hydrogen (secondary N) is 2. The predicted molar refractivity (Wildman–Crippen MR) is 117 cm³/mol. The van der Waals surface area contributed by atoms with Crippen molar-refractivity contribution in [1.29, 1.82) is 0 Å². The normalized spacial score (nSPS) is 10.9. The number of aryl methyl sites for hydroxylation is 1. The fraction of sp³-hybridized carbons (Fsp3) is 0.125. The highest BCUT2D eigenvalue weighted by Crippen LogP contribution is 2.17. The average molecular weight is 401 g/mol. The van der Waals surface area contributed by atoms with E-state index in [1.807, 2.05) is 26.0 Å². The summed E-state index contributed by atoms with van der Waals surface area (Å²) in [6, 6.07) is 17.7. The molecule has 0 unspecified atom stereocenters. The van der Waals surface area contributed by atoms with Crippen molar-refractivity contribution in [3.8, 4) is 5.75 Å². The largest absolute Gasteiger partial charge is 0.494 e. The molecule has 30 heavy (non-hydrogen) atoms. The summed E-state index contributed by atoms with van der Waals surface area (Å²) in [5.74, 6) is -0.0928. The maximum Gasteiger partial charge on any atom is 0.272 e. The van der Waals surface area contributed by atoms with Crippen molar-refractivity contribution in [2.75, 3.05) is 11.9 Å². The van der Waals surface area contributed by atoms with Gasteiger partial charge in [0.1, 0.15) is 11.4 Å². The highest BCUT2D eigenvalue weighted by molar-refractivity contribution is 6.10. The van der Waals surface area contributed by atoms with Crippen molar-refractivity contribution in [2.24, 2.45) is 0 Å². The number of benzene rings is 2. The van der Waals surface area contributed by atoms with Gasteiger partial charge in [-0.05, 0) is 68.0 Å². The minimum absolute atomic E-state index is 0.113. The van der Waals surface area contributed by atoms with Gasteiger partial charge < -0.3 is 15.4 Å². The highest BCUT2D eigenvalue weighted by Gasteiger charge is 2.15. The van der Waals surface area contributed by atoms with Crippen molar-refractivity contribution in [2.45, 2.75) is 13.8 Å². The summed E-state index contributed by atoms with van der Waals surface area (Å²) in [6.45, 7) is 4.41. The van der Waals surface area contributed by atoms with Gasteiger partial charge >= 0.3 is 0 Å². The predicted octanol–water partition coefficient (Wildman–Crippen LogP) is 4.20. The molecule has 0 atom stereocenters. The number of hydrogen-bond donors (Lipinski definition) is 2. The second-order valence-electron chi connectivity index (χ2n) is 6.58. The molecule has 0 saturated carbocycles. The van der Waals surface area contributed by atoms with Crippen LogP contribution in [0.1, 0.15) is 28.4 Å². The molecule has 1 aromatic heterocycles. The van der Waals surface area contributed by atoms with E-state index < -0.39 is 5.91 Å². The monoisotopic (exact) mass is 401 g/mol. The molecule has 2 amide bonds. The summed E-state index contributed by atoms with van der Waals surface area (Å²) in [6.07, 6.45) is 4.84. The SMILES string of the molecule is CCOc1ccc(NC(=O)/C(=C\c2cccnc2)NC(=O)c2ccc(C)cc2)cc1. The fourth-order valence-electron chi connectivity index (χ4n) is 2.69. The maximum atomic E-state index is 12.9. The Hall–Kier alpha value is -3.93. The van der Waals surface area contributed by atoms with Crippen LogP contribution in [-0.2, 0) is 4.79 Å². The Labute approximate surface area is 175 Å². The van der Waals surface area contributed by atoms with Gasteiger partial charge in [0.2, 0.25) is 0 Å². The van der Waals surface area contributed by atoms with Gasteiger partial charge in [0.15, 0.2) is 0 Å². The van der Waals surface area contributed by atoms with Crippen LogP contribution in [0, 0.1) is 6.92 Å². The molecule has 0 spiro atoms. The van der Waals surface area contributed by atoms with Crippen molar-refractivity contribution in [1.82, 2.24) is 10.3 Å². The minimum Gasteiger partial charge on any atom is -0.494 e. The molecular formula is C24H23N3O3. The smallest absolute Gasteiger partial charge is 0.272 e. The molecule has 6 nitrogen and oxygen atoms in total. The molecule has 0 radical (unpaired) electrons. The Morgan fingerprint density at radius 2 is 1.77 bits per heavy atom. The van der Waals surface area contributed by atoms with Gasteiger partial charge in [-0.3, -0.25) is 14.6 Å². The zero-order valence-electron chi connectivity index (χ0n) is 16.9. The Kier molecular flexibility index (Phi) is 6.95. The summed E-state index contributed by atoms with van der Waals surface area (Å²) in [4.78, 5) is 29.6. The Morgan fingerprint density at radius 3 is 2.40 bits per heavy atom. The molecule has 3 aromatic rings. The van der Waals surface area contributed by atoms with E-state index in [0.717, 1.165) is 5.56 Å². The number of carbonyl (C=O) groups is 2. The van der Waals surface area contributed by atoms with E-state index in [9.17, 15) is 9.59 Å². The van der Waals surface area contributed by atoms with E-state index in [-0.39, 0.29) is 11.6 Å². The van der Waals surface area contributed by atoms with Crippen molar-refractivity contribution in [3.05, 3.63) is 95.4 Å². The Morgan fingerprint density at radius 1 is 1.03 bits per heavy atom. The number of aromatic nitrogens is 1. The Balaban J connectivity index is 1.81. The van der Waals surface area contributed by atoms with Crippen LogP contribution < -0.4 is 15.4 Å². The number of hydrogen-bond acceptors (Lipinski definition) is 4. The lowest BCUT2D eigenvalue weighted by Gasteiger charge is -2.12. The van der Waals surface area contributed by atoms with E-state index >= 15 is 0 Å². The zero-order valence-corrected chi connectivity index (χ0v) is 16.9. The molecule has 0 fully saturated rings. The first-order valence-corrected chi connectivity index (χ1v) is 9.59. The Bertz CT molecular complexity index is 1030. The van der Waals surface area contributed by atoms with Gasteiger partial charge in [0, 0.05) is 23.6 Å². The second-order valence-corrected chi connectivity index (χ2v) is 6.58. The summed E-state index contributed by atoms with van der Waals surface area (Å²) in [5, 5.41) is 5.51. The van der Waals surface area contributed by atoms with E-state index in [1.54, 1.807) is 67.0 Å². The van der Waals surface area contributed by atoms with Crippen LogP contribution in [-0.4, -0.2) is 23.4 Å². The number of anilines is 1. The first-order chi connectivity index (χ1) is 14.5. The van der Waals surface area contributed by atoms with Gasteiger partial charge in [-0.15, -0.1) is 0 Å². The molecule has 0 saturated heterocycles. The molecular weight excluding hydrogens is 378 g/mol. The van der Waals surface area contributed by atoms with Gasteiger partial charge in [-0.25, -0.2) is 0 Å². The first-order valence-electron chi connectivity index (χ1n) is 9.59. The number of ether oxygens (including phenoxy) is 1. The van der Waals surface area contributed by atoms with Crippen LogP contribution in [0.5, 0.6) is 5.75 Å². The molecule has 2 aromatic carbocycles. The summed E-state index contributed by atoms with van der Waals surface area (Å²) in [5.41, 5.74) is 2.91. The second kappa shape index (κ2) is 10.0. The average Bonchev–Trinajstić information content (AvgIpc) is 2.76. The molecule has 6 heteroatoms. The lowest BCUT2D eigenvalue weighted by Crippen LogP contribution is -2.30. The van der Waals surface area contributed by atoms with Gasteiger partial charge in [-0.2, -0.15) is 0 Å². The molecule has 0 aliphatic heterocycles. The molecule has 152 valence electrons. The van der Waals surface area contributed by atoms with Crippen LogP contribution in [0.4, 0.5) is 5.69 Å². The van der Waals surface area contributed by atoms with Crippen molar-refractivity contribution < 1.29 is 14.3 Å². The quantitative estimate of drug-likeness (QED) is 0.582. The van der Waals surface area contributed by atoms with E-state index in [4.69, 9.17) is 4.74 Å². The third kappa shape index (κ3) is 5.78. The molecule has 2 N–H and O–H groups in total. The fourth-order valence-corrected chi connectivity index (χ4v) is 2.69. The third-order valence-electron chi connectivity index (χ3n) is 4.23. The van der Waals surface area contributed by atoms with Crippen LogP contribution in [0.2, 0.25) is 0 Å².